The van der Waals surface area contributed by atoms with Crippen LogP contribution in [0.3, 0.4) is 0 Å². The molecule has 2 atom stereocenters. The molecule has 2 unspecified atom stereocenters. The third-order valence-electron chi connectivity index (χ3n) is 3.69. The molecular weight excluding hydrogens is 244 g/mol. The van der Waals surface area contributed by atoms with Crippen LogP contribution < -0.4 is 5.32 Å². The molecule has 3 nitrogen and oxygen atoms in total. The lowest BCUT2D eigenvalue weighted by molar-refractivity contribution is -0.134. The second kappa shape index (κ2) is 6.34. The molecule has 4 heteroatoms. The number of amides is 1. The first-order valence-corrected chi connectivity index (χ1v) is 7.67. The summed E-state index contributed by atoms with van der Waals surface area (Å²) in [6.07, 6.45) is 2.67. The first kappa shape index (κ1) is 13.6. The molecule has 1 aromatic rings. The van der Waals surface area contributed by atoms with Gasteiger partial charge in [-0.25, -0.2) is 0 Å². The molecule has 0 saturated carbocycles. The minimum absolute atomic E-state index is 0.282. The van der Waals surface area contributed by atoms with Gasteiger partial charge in [-0.1, -0.05) is 19.9 Å². The molecule has 1 fully saturated rings. The maximum absolute atomic E-state index is 12.4. The maximum atomic E-state index is 12.4. The number of nitrogens with one attached hydrogen (secondary N) is 1. The van der Waals surface area contributed by atoms with Gasteiger partial charge in [0.15, 0.2) is 0 Å². The third kappa shape index (κ3) is 3.12. The SMILES string of the molecule is CCC1CN(C(=O)Cc2cccs2)C(CC)CN1. The Morgan fingerprint density at radius 1 is 1.50 bits per heavy atom. The Morgan fingerprint density at radius 3 is 2.94 bits per heavy atom. The van der Waals surface area contributed by atoms with Gasteiger partial charge in [-0.2, -0.15) is 0 Å². The topological polar surface area (TPSA) is 32.3 Å². The summed E-state index contributed by atoms with van der Waals surface area (Å²) in [6, 6.07) is 4.88. The maximum Gasteiger partial charge on any atom is 0.228 e. The van der Waals surface area contributed by atoms with Crippen LogP contribution in [-0.4, -0.2) is 36.0 Å². The lowest BCUT2D eigenvalue weighted by Gasteiger charge is -2.40. The number of nitrogens with zero attached hydrogens (tertiary/aromatic N) is 1. The highest BCUT2D eigenvalue weighted by atomic mass is 32.1. The van der Waals surface area contributed by atoms with Crippen LogP contribution in [0.4, 0.5) is 0 Å². The number of rotatable bonds is 4. The highest BCUT2D eigenvalue weighted by Crippen LogP contribution is 2.16. The number of hydrogen-bond acceptors (Lipinski definition) is 3. The number of hydrogen-bond donors (Lipinski definition) is 1. The van der Waals surface area contributed by atoms with Crippen LogP contribution in [0.25, 0.3) is 0 Å². The van der Waals surface area contributed by atoms with Gasteiger partial charge in [0.2, 0.25) is 5.91 Å². The Bertz CT molecular complexity index is 377. The van der Waals surface area contributed by atoms with Crippen LogP contribution in [0.1, 0.15) is 31.6 Å². The fraction of sp³-hybridized carbons (Fsp3) is 0.643. The van der Waals surface area contributed by atoms with Gasteiger partial charge in [0, 0.05) is 30.1 Å². The van der Waals surface area contributed by atoms with E-state index in [0.29, 0.717) is 18.5 Å². The Morgan fingerprint density at radius 2 is 2.33 bits per heavy atom. The van der Waals surface area contributed by atoms with Crippen molar-refractivity contribution in [3.63, 3.8) is 0 Å². The smallest absolute Gasteiger partial charge is 0.228 e. The molecule has 1 amide bonds. The van der Waals surface area contributed by atoms with Gasteiger partial charge in [0.05, 0.1) is 6.42 Å². The Labute approximate surface area is 113 Å². The first-order chi connectivity index (χ1) is 8.74. The van der Waals surface area contributed by atoms with E-state index in [4.69, 9.17) is 0 Å². The summed E-state index contributed by atoms with van der Waals surface area (Å²) >= 11 is 1.67. The third-order valence-corrected chi connectivity index (χ3v) is 4.57. The van der Waals surface area contributed by atoms with Gasteiger partial charge in [-0.05, 0) is 24.3 Å². The molecule has 2 rings (SSSR count). The predicted molar refractivity (Wildman–Crippen MR) is 75.9 cm³/mol. The summed E-state index contributed by atoms with van der Waals surface area (Å²) in [6.45, 7) is 6.13. The standard InChI is InChI=1S/C14H22N2OS/c1-3-11-10-16(12(4-2)9-15-11)14(17)8-13-6-5-7-18-13/h5-7,11-12,15H,3-4,8-10H2,1-2H3. The first-order valence-electron chi connectivity index (χ1n) is 6.79. The summed E-state index contributed by atoms with van der Waals surface area (Å²) in [7, 11) is 0. The van der Waals surface area contributed by atoms with Crippen molar-refractivity contribution in [2.45, 2.75) is 45.2 Å². The largest absolute Gasteiger partial charge is 0.337 e. The number of carbonyl (C=O) groups is 1. The van der Waals surface area contributed by atoms with Gasteiger partial charge in [0.25, 0.3) is 0 Å². The number of carbonyl (C=O) groups excluding carboxylic acids is 1. The van der Waals surface area contributed by atoms with E-state index in [9.17, 15) is 4.79 Å². The van der Waals surface area contributed by atoms with Crippen molar-refractivity contribution >= 4 is 17.2 Å². The zero-order chi connectivity index (χ0) is 13.0. The predicted octanol–water partition coefficient (Wildman–Crippen LogP) is 2.28. The molecular formula is C14H22N2OS. The molecule has 1 saturated heterocycles. The van der Waals surface area contributed by atoms with E-state index < -0.39 is 0 Å². The van der Waals surface area contributed by atoms with Gasteiger partial charge in [-0.15, -0.1) is 11.3 Å². The molecule has 1 N–H and O–H groups in total. The monoisotopic (exact) mass is 266 g/mol. The molecule has 1 aliphatic rings. The fourth-order valence-electron chi connectivity index (χ4n) is 2.47. The van der Waals surface area contributed by atoms with Crippen molar-refractivity contribution in [2.75, 3.05) is 13.1 Å². The van der Waals surface area contributed by atoms with E-state index in [1.165, 1.54) is 4.88 Å². The molecule has 0 spiro atoms. The Hall–Kier alpha value is -0.870. The van der Waals surface area contributed by atoms with Gasteiger partial charge < -0.3 is 10.2 Å². The molecule has 0 aliphatic carbocycles. The van der Waals surface area contributed by atoms with Crippen molar-refractivity contribution in [3.8, 4) is 0 Å². The van der Waals surface area contributed by atoms with Crippen LogP contribution in [0.2, 0.25) is 0 Å². The van der Waals surface area contributed by atoms with Crippen LogP contribution in [-0.2, 0) is 11.2 Å². The van der Waals surface area contributed by atoms with E-state index in [1.807, 2.05) is 17.5 Å². The molecule has 1 aliphatic heterocycles. The zero-order valence-corrected chi connectivity index (χ0v) is 12.0. The second-order valence-electron chi connectivity index (χ2n) is 4.88. The molecule has 18 heavy (non-hydrogen) atoms. The van der Waals surface area contributed by atoms with E-state index in [0.717, 1.165) is 25.9 Å². The van der Waals surface area contributed by atoms with Crippen LogP contribution >= 0.6 is 11.3 Å². The van der Waals surface area contributed by atoms with Gasteiger partial charge in [0.1, 0.15) is 0 Å². The van der Waals surface area contributed by atoms with Crippen LogP contribution in [0, 0.1) is 0 Å². The highest BCUT2D eigenvalue weighted by molar-refractivity contribution is 7.10. The van der Waals surface area contributed by atoms with Crippen LogP contribution in [0.5, 0.6) is 0 Å². The molecule has 0 bridgehead atoms. The normalized spacial score (nSPS) is 24.2. The van der Waals surface area contributed by atoms with Crippen molar-refractivity contribution in [1.82, 2.24) is 10.2 Å². The summed E-state index contributed by atoms with van der Waals surface area (Å²) < 4.78 is 0. The van der Waals surface area contributed by atoms with Crippen molar-refractivity contribution in [1.29, 1.82) is 0 Å². The number of thiophene rings is 1. The lowest BCUT2D eigenvalue weighted by Crippen LogP contribution is -2.58. The second-order valence-corrected chi connectivity index (χ2v) is 5.91. The van der Waals surface area contributed by atoms with E-state index in [1.54, 1.807) is 11.3 Å². The van der Waals surface area contributed by atoms with E-state index in [-0.39, 0.29) is 5.91 Å². The molecule has 0 aromatic carbocycles. The minimum Gasteiger partial charge on any atom is -0.337 e. The quantitative estimate of drug-likeness (QED) is 0.907. The summed E-state index contributed by atoms with van der Waals surface area (Å²) in [5.74, 6) is 0.282. The van der Waals surface area contributed by atoms with Crippen LogP contribution in [0.15, 0.2) is 17.5 Å². The molecule has 1 aromatic heterocycles. The Balaban J connectivity index is 2.00. The van der Waals surface area contributed by atoms with Gasteiger partial charge in [-0.3, -0.25) is 4.79 Å². The summed E-state index contributed by atoms with van der Waals surface area (Å²) in [4.78, 5) is 15.7. The highest BCUT2D eigenvalue weighted by Gasteiger charge is 2.29. The van der Waals surface area contributed by atoms with Crippen molar-refractivity contribution in [2.24, 2.45) is 0 Å². The van der Waals surface area contributed by atoms with Gasteiger partial charge >= 0.3 is 0 Å². The minimum atomic E-state index is 0.282. The number of piperazine rings is 1. The molecule has 2 heterocycles. The lowest BCUT2D eigenvalue weighted by atomic mass is 10.0. The van der Waals surface area contributed by atoms with E-state index in [2.05, 4.69) is 24.1 Å². The molecule has 100 valence electrons. The van der Waals surface area contributed by atoms with Crippen molar-refractivity contribution in [3.05, 3.63) is 22.4 Å². The van der Waals surface area contributed by atoms with E-state index >= 15 is 0 Å². The zero-order valence-electron chi connectivity index (χ0n) is 11.2. The average Bonchev–Trinajstić information content (AvgIpc) is 2.90. The summed E-state index contributed by atoms with van der Waals surface area (Å²) in [5, 5.41) is 5.56. The fourth-order valence-corrected chi connectivity index (χ4v) is 3.17. The summed E-state index contributed by atoms with van der Waals surface area (Å²) in [5.41, 5.74) is 0. The average molecular weight is 266 g/mol. The molecule has 0 radical (unpaired) electrons. The van der Waals surface area contributed by atoms with Crippen molar-refractivity contribution < 1.29 is 4.79 Å². The Kier molecular flexibility index (Phi) is 4.78.